The van der Waals surface area contributed by atoms with Crippen molar-refractivity contribution in [3.63, 3.8) is 0 Å². The minimum atomic E-state index is -0.130. The van der Waals surface area contributed by atoms with Crippen LogP contribution in [0.3, 0.4) is 0 Å². The molecule has 0 bridgehead atoms. The van der Waals surface area contributed by atoms with Gasteiger partial charge in [-0.25, -0.2) is 9.67 Å². The van der Waals surface area contributed by atoms with Crippen molar-refractivity contribution in [3.05, 3.63) is 12.2 Å². The summed E-state index contributed by atoms with van der Waals surface area (Å²) in [5.74, 6) is 2.02. The third-order valence-corrected chi connectivity index (χ3v) is 3.90. The Morgan fingerprint density at radius 3 is 2.95 bits per heavy atom. The monoisotopic (exact) mass is 266 g/mol. The van der Waals surface area contributed by atoms with Crippen LogP contribution in [0.2, 0.25) is 0 Å². The minimum Gasteiger partial charge on any atom is -0.393 e. The largest absolute Gasteiger partial charge is 0.393 e. The first-order valence-corrected chi connectivity index (χ1v) is 7.37. The van der Waals surface area contributed by atoms with Gasteiger partial charge < -0.3 is 5.11 Å². The molecule has 5 nitrogen and oxygen atoms in total. The SMILES string of the molecule is CCC1CN(Cc2ncnn2CC(C)C)CCC1O. The second-order valence-corrected chi connectivity index (χ2v) is 6.01. The van der Waals surface area contributed by atoms with Crippen LogP contribution in [-0.4, -0.2) is 44.0 Å². The molecule has 5 heteroatoms. The highest BCUT2D eigenvalue weighted by atomic mass is 16.3. The predicted octanol–water partition coefficient (Wildman–Crippen LogP) is 1.53. The van der Waals surface area contributed by atoms with Crippen LogP contribution in [0.25, 0.3) is 0 Å². The Bertz CT molecular complexity index is 391. The predicted molar refractivity (Wildman–Crippen MR) is 74.5 cm³/mol. The molecule has 0 aromatic carbocycles. The van der Waals surface area contributed by atoms with Gasteiger partial charge in [0, 0.05) is 19.6 Å². The molecule has 2 atom stereocenters. The van der Waals surface area contributed by atoms with Crippen molar-refractivity contribution >= 4 is 0 Å². The highest BCUT2D eigenvalue weighted by molar-refractivity contribution is 4.88. The first kappa shape index (κ1) is 14.5. The molecule has 19 heavy (non-hydrogen) atoms. The Kier molecular flexibility index (Phi) is 4.93. The van der Waals surface area contributed by atoms with Crippen LogP contribution in [0.4, 0.5) is 0 Å². The average Bonchev–Trinajstić information content (AvgIpc) is 2.78. The second kappa shape index (κ2) is 6.48. The number of piperidine rings is 1. The number of aliphatic hydroxyl groups excluding tert-OH is 1. The minimum absolute atomic E-state index is 0.130. The number of rotatable bonds is 5. The summed E-state index contributed by atoms with van der Waals surface area (Å²) >= 11 is 0. The van der Waals surface area contributed by atoms with E-state index in [0.29, 0.717) is 11.8 Å². The van der Waals surface area contributed by atoms with E-state index in [1.54, 1.807) is 6.33 Å². The van der Waals surface area contributed by atoms with Gasteiger partial charge in [-0.05, 0) is 24.7 Å². The normalized spacial score (nSPS) is 25.1. The van der Waals surface area contributed by atoms with Gasteiger partial charge in [-0.1, -0.05) is 20.8 Å². The number of aliphatic hydroxyl groups is 1. The molecule has 0 spiro atoms. The van der Waals surface area contributed by atoms with Crippen LogP contribution in [-0.2, 0) is 13.1 Å². The molecule has 2 unspecified atom stereocenters. The maximum atomic E-state index is 9.93. The molecule has 108 valence electrons. The van der Waals surface area contributed by atoms with Gasteiger partial charge in [0.05, 0.1) is 12.6 Å². The van der Waals surface area contributed by atoms with Gasteiger partial charge in [0.25, 0.3) is 0 Å². The smallest absolute Gasteiger partial charge is 0.141 e. The Hall–Kier alpha value is -0.940. The summed E-state index contributed by atoms with van der Waals surface area (Å²) in [6.07, 6.45) is 3.43. The van der Waals surface area contributed by atoms with Crippen LogP contribution in [0.1, 0.15) is 39.4 Å². The lowest BCUT2D eigenvalue weighted by molar-refractivity contribution is 0.0207. The Labute approximate surface area is 115 Å². The highest BCUT2D eigenvalue weighted by Gasteiger charge is 2.27. The van der Waals surface area contributed by atoms with Crippen molar-refractivity contribution < 1.29 is 5.11 Å². The summed E-state index contributed by atoms with van der Waals surface area (Å²) in [6, 6.07) is 0. The first-order chi connectivity index (χ1) is 9.10. The highest BCUT2D eigenvalue weighted by Crippen LogP contribution is 2.21. The molecule has 1 N–H and O–H groups in total. The molecular weight excluding hydrogens is 240 g/mol. The van der Waals surface area contributed by atoms with Gasteiger partial charge in [0.15, 0.2) is 0 Å². The zero-order chi connectivity index (χ0) is 13.8. The lowest BCUT2D eigenvalue weighted by atomic mass is 9.92. The lowest BCUT2D eigenvalue weighted by Gasteiger charge is -2.35. The first-order valence-electron chi connectivity index (χ1n) is 7.37. The van der Waals surface area contributed by atoms with Crippen LogP contribution in [0.5, 0.6) is 0 Å². The molecule has 1 aromatic heterocycles. The summed E-state index contributed by atoms with van der Waals surface area (Å²) in [5, 5.41) is 14.2. The average molecular weight is 266 g/mol. The number of aromatic nitrogens is 3. The standard InChI is InChI=1S/C14H26N4O/c1-4-12-8-17(6-5-13(12)19)9-14-15-10-16-18(14)7-11(2)3/h10-13,19H,4-9H2,1-3H3. The van der Waals surface area contributed by atoms with Gasteiger partial charge in [-0.2, -0.15) is 5.10 Å². The fourth-order valence-corrected chi connectivity index (χ4v) is 2.75. The van der Waals surface area contributed by atoms with Crippen molar-refractivity contribution in [1.82, 2.24) is 19.7 Å². The van der Waals surface area contributed by atoms with Crippen LogP contribution >= 0.6 is 0 Å². The maximum Gasteiger partial charge on any atom is 0.141 e. The molecule has 2 heterocycles. The van der Waals surface area contributed by atoms with Gasteiger partial charge in [0.2, 0.25) is 0 Å². The second-order valence-electron chi connectivity index (χ2n) is 6.01. The van der Waals surface area contributed by atoms with Gasteiger partial charge in [-0.3, -0.25) is 4.90 Å². The number of hydrogen-bond donors (Lipinski definition) is 1. The topological polar surface area (TPSA) is 54.2 Å². The zero-order valence-corrected chi connectivity index (χ0v) is 12.3. The Morgan fingerprint density at radius 2 is 2.26 bits per heavy atom. The molecule has 1 aliphatic heterocycles. The van der Waals surface area contributed by atoms with Gasteiger partial charge in [-0.15, -0.1) is 0 Å². The third-order valence-electron chi connectivity index (χ3n) is 3.90. The Balaban J connectivity index is 1.96. The van der Waals surface area contributed by atoms with Crippen molar-refractivity contribution in [3.8, 4) is 0 Å². The van der Waals surface area contributed by atoms with E-state index >= 15 is 0 Å². The summed E-state index contributed by atoms with van der Waals surface area (Å²) in [7, 11) is 0. The molecule has 0 aliphatic carbocycles. The van der Waals surface area contributed by atoms with Crippen molar-refractivity contribution in [1.29, 1.82) is 0 Å². The summed E-state index contributed by atoms with van der Waals surface area (Å²) in [4.78, 5) is 6.77. The summed E-state index contributed by atoms with van der Waals surface area (Å²) in [6.45, 7) is 10.2. The number of hydrogen-bond acceptors (Lipinski definition) is 4. The molecule has 0 radical (unpaired) electrons. The maximum absolute atomic E-state index is 9.93. The van der Waals surface area contributed by atoms with Crippen LogP contribution in [0.15, 0.2) is 6.33 Å². The molecule has 1 aromatic rings. The molecule has 2 rings (SSSR count). The fraction of sp³-hybridized carbons (Fsp3) is 0.857. The van der Waals surface area contributed by atoms with Crippen molar-refractivity contribution in [2.24, 2.45) is 11.8 Å². The van der Waals surface area contributed by atoms with Crippen molar-refractivity contribution in [2.75, 3.05) is 13.1 Å². The number of likely N-dealkylation sites (tertiary alicyclic amines) is 1. The molecule has 1 aliphatic rings. The fourth-order valence-electron chi connectivity index (χ4n) is 2.75. The zero-order valence-electron chi connectivity index (χ0n) is 12.3. The van der Waals surface area contributed by atoms with E-state index in [1.807, 2.05) is 4.68 Å². The van der Waals surface area contributed by atoms with Crippen LogP contribution < -0.4 is 0 Å². The van der Waals surface area contributed by atoms with E-state index in [4.69, 9.17) is 0 Å². The number of nitrogens with zero attached hydrogens (tertiary/aromatic N) is 4. The van der Waals surface area contributed by atoms with E-state index in [1.165, 1.54) is 0 Å². The molecule has 1 saturated heterocycles. The van der Waals surface area contributed by atoms with E-state index < -0.39 is 0 Å². The van der Waals surface area contributed by atoms with E-state index in [2.05, 4.69) is 35.8 Å². The Morgan fingerprint density at radius 1 is 1.47 bits per heavy atom. The van der Waals surface area contributed by atoms with Gasteiger partial charge >= 0.3 is 0 Å². The molecule has 0 amide bonds. The van der Waals surface area contributed by atoms with Crippen LogP contribution in [0, 0.1) is 11.8 Å². The third kappa shape index (κ3) is 3.76. The van der Waals surface area contributed by atoms with E-state index in [9.17, 15) is 5.11 Å². The van der Waals surface area contributed by atoms with Crippen molar-refractivity contribution in [2.45, 2.75) is 52.8 Å². The van der Waals surface area contributed by atoms with E-state index in [-0.39, 0.29) is 6.10 Å². The summed E-state index contributed by atoms with van der Waals surface area (Å²) in [5.41, 5.74) is 0. The quantitative estimate of drug-likeness (QED) is 0.878. The summed E-state index contributed by atoms with van der Waals surface area (Å²) < 4.78 is 2.01. The van der Waals surface area contributed by atoms with Gasteiger partial charge in [0.1, 0.15) is 12.2 Å². The molecule has 1 fully saturated rings. The molecular formula is C14H26N4O. The lowest BCUT2D eigenvalue weighted by Crippen LogP contribution is -2.42. The molecule has 0 saturated carbocycles. The van der Waals surface area contributed by atoms with E-state index in [0.717, 1.165) is 44.8 Å².